The standard InChI is InChI=1S/C24H21F2N5O/c1-14-6-15(2)8-18(7-14)30-24(32)29-17-5-3-4-16(9-17)12-28-23-13-27-21-10-19(25)20(26)11-22(21)31-23/h3-11,13H,12H2,1-2H3,(H,28,31)(H2,29,30,32). The summed E-state index contributed by atoms with van der Waals surface area (Å²) >= 11 is 0. The van der Waals surface area contributed by atoms with Gasteiger partial charge in [0, 0.05) is 30.1 Å². The summed E-state index contributed by atoms with van der Waals surface area (Å²) in [6, 6.07) is 14.9. The Kier molecular flexibility index (Phi) is 5.93. The van der Waals surface area contributed by atoms with E-state index in [1.54, 1.807) is 6.07 Å². The second-order valence-corrected chi connectivity index (χ2v) is 7.52. The number of nitrogens with zero attached hydrogens (tertiary/aromatic N) is 2. The predicted octanol–water partition coefficient (Wildman–Crippen LogP) is 5.78. The zero-order valence-electron chi connectivity index (χ0n) is 17.5. The van der Waals surface area contributed by atoms with Crippen LogP contribution in [-0.4, -0.2) is 16.0 Å². The number of carbonyl (C=O) groups is 1. The van der Waals surface area contributed by atoms with Crippen LogP contribution >= 0.6 is 0 Å². The van der Waals surface area contributed by atoms with E-state index in [1.165, 1.54) is 6.20 Å². The third-order valence-corrected chi connectivity index (χ3v) is 4.72. The van der Waals surface area contributed by atoms with Crippen LogP contribution in [0.2, 0.25) is 0 Å². The molecule has 0 bridgehead atoms. The van der Waals surface area contributed by atoms with Crippen molar-refractivity contribution in [2.24, 2.45) is 0 Å². The lowest BCUT2D eigenvalue weighted by molar-refractivity contribution is 0.262. The Labute approximate surface area is 183 Å². The number of halogens is 2. The molecule has 0 unspecified atom stereocenters. The molecule has 32 heavy (non-hydrogen) atoms. The lowest BCUT2D eigenvalue weighted by Crippen LogP contribution is -2.19. The minimum atomic E-state index is -0.971. The fourth-order valence-corrected chi connectivity index (χ4v) is 3.39. The van der Waals surface area contributed by atoms with E-state index in [-0.39, 0.29) is 17.1 Å². The molecule has 0 saturated heterocycles. The first-order valence-corrected chi connectivity index (χ1v) is 9.97. The van der Waals surface area contributed by atoms with Gasteiger partial charge in [-0.15, -0.1) is 0 Å². The molecule has 4 rings (SSSR count). The van der Waals surface area contributed by atoms with Gasteiger partial charge in [0.15, 0.2) is 11.6 Å². The first kappa shape index (κ1) is 21.2. The maximum absolute atomic E-state index is 13.5. The minimum absolute atomic E-state index is 0.257. The second-order valence-electron chi connectivity index (χ2n) is 7.52. The molecule has 1 heterocycles. The van der Waals surface area contributed by atoms with Crippen LogP contribution in [-0.2, 0) is 6.54 Å². The second kappa shape index (κ2) is 8.97. The van der Waals surface area contributed by atoms with E-state index in [0.29, 0.717) is 18.1 Å². The molecule has 0 aliphatic rings. The molecule has 0 atom stereocenters. The number of rotatable bonds is 5. The highest BCUT2D eigenvalue weighted by Gasteiger charge is 2.08. The highest BCUT2D eigenvalue weighted by molar-refractivity contribution is 5.99. The monoisotopic (exact) mass is 433 g/mol. The van der Waals surface area contributed by atoms with Crippen LogP contribution in [0.25, 0.3) is 11.0 Å². The van der Waals surface area contributed by atoms with Crippen molar-refractivity contribution < 1.29 is 13.6 Å². The molecule has 162 valence electrons. The first-order valence-electron chi connectivity index (χ1n) is 9.97. The lowest BCUT2D eigenvalue weighted by atomic mass is 10.1. The van der Waals surface area contributed by atoms with E-state index in [0.717, 1.165) is 34.5 Å². The van der Waals surface area contributed by atoms with Gasteiger partial charge in [-0.3, -0.25) is 4.98 Å². The summed E-state index contributed by atoms with van der Waals surface area (Å²) in [5.74, 6) is -1.50. The molecule has 0 fully saturated rings. The summed E-state index contributed by atoms with van der Waals surface area (Å²) in [7, 11) is 0. The van der Waals surface area contributed by atoms with Crippen LogP contribution in [0, 0.1) is 25.5 Å². The van der Waals surface area contributed by atoms with Gasteiger partial charge in [-0.2, -0.15) is 0 Å². The number of hydrogen-bond acceptors (Lipinski definition) is 4. The van der Waals surface area contributed by atoms with Crippen molar-refractivity contribution in [3.8, 4) is 0 Å². The van der Waals surface area contributed by atoms with Crippen molar-refractivity contribution in [2.75, 3.05) is 16.0 Å². The molecular weight excluding hydrogens is 412 g/mol. The van der Waals surface area contributed by atoms with Crippen molar-refractivity contribution in [3.05, 3.63) is 89.1 Å². The van der Waals surface area contributed by atoms with Crippen LogP contribution in [0.1, 0.15) is 16.7 Å². The summed E-state index contributed by atoms with van der Waals surface area (Å²) in [4.78, 5) is 20.7. The number of amides is 2. The summed E-state index contributed by atoms with van der Waals surface area (Å²) < 4.78 is 26.8. The largest absolute Gasteiger partial charge is 0.365 e. The van der Waals surface area contributed by atoms with Crippen molar-refractivity contribution in [1.82, 2.24) is 9.97 Å². The van der Waals surface area contributed by atoms with Gasteiger partial charge in [0.05, 0.1) is 17.2 Å². The molecule has 0 aliphatic carbocycles. The number of aromatic nitrogens is 2. The smallest absolute Gasteiger partial charge is 0.323 e. The van der Waals surface area contributed by atoms with E-state index in [1.807, 2.05) is 50.2 Å². The van der Waals surface area contributed by atoms with Gasteiger partial charge in [0.25, 0.3) is 0 Å². The number of urea groups is 1. The zero-order chi connectivity index (χ0) is 22.7. The van der Waals surface area contributed by atoms with Crippen LogP contribution in [0.4, 0.5) is 30.8 Å². The average molecular weight is 433 g/mol. The Morgan fingerprint density at radius 2 is 1.56 bits per heavy atom. The molecule has 3 N–H and O–H groups in total. The lowest BCUT2D eigenvalue weighted by Gasteiger charge is -2.11. The SMILES string of the molecule is Cc1cc(C)cc(NC(=O)Nc2cccc(CNc3cnc4cc(F)c(F)cc4n3)c2)c1. The molecule has 8 heteroatoms. The Bertz CT molecular complexity index is 1290. The molecule has 3 aromatic carbocycles. The van der Waals surface area contributed by atoms with E-state index >= 15 is 0 Å². The molecule has 4 aromatic rings. The van der Waals surface area contributed by atoms with Gasteiger partial charge >= 0.3 is 6.03 Å². The van der Waals surface area contributed by atoms with Crippen LogP contribution < -0.4 is 16.0 Å². The Balaban J connectivity index is 1.40. The highest BCUT2D eigenvalue weighted by atomic mass is 19.2. The summed E-state index contributed by atoms with van der Waals surface area (Å²) in [6.07, 6.45) is 1.46. The van der Waals surface area contributed by atoms with Gasteiger partial charge in [-0.05, 0) is 54.8 Å². The third-order valence-electron chi connectivity index (χ3n) is 4.72. The Morgan fingerprint density at radius 3 is 2.31 bits per heavy atom. The Hall–Kier alpha value is -4.07. The minimum Gasteiger partial charge on any atom is -0.365 e. The molecule has 1 aromatic heterocycles. The van der Waals surface area contributed by atoms with Gasteiger partial charge in [0.1, 0.15) is 5.82 Å². The molecule has 2 amide bonds. The van der Waals surface area contributed by atoms with Crippen LogP contribution in [0.3, 0.4) is 0 Å². The van der Waals surface area contributed by atoms with Crippen molar-refractivity contribution in [1.29, 1.82) is 0 Å². The Morgan fingerprint density at radius 1 is 0.875 bits per heavy atom. The summed E-state index contributed by atoms with van der Waals surface area (Å²) in [5, 5.41) is 8.76. The van der Waals surface area contributed by atoms with Crippen LogP contribution in [0.15, 0.2) is 60.8 Å². The topological polar surface area (TPSA) is 78.9 Å². The first-order chi connectivity index (χ1) is 15.4. The number of nitrogens with one attached hydrogen (secondary N) is 3. The number of fused-ring (bicyclic) bond motifs is 1. The molecule has 0 radical (unpaired) electrons. The van der Waals surface area contributed by atoms with E-state index in [2.05, 4.69) is 25.9 Å². The zero-order valence-corrected chi connectivity index (χ0v) is 17.5. The maximum atomic E-state index is 13.5. The number of benzene rings is 3. The number of aryl methyl sites for hydroxylation is 2. The molecular formula is C24H21F2N5O. The van der Waals surface area contributed by atoms with Gasteiger partial charge in [-0.25, -0.2) is 18.6 Å². The third kappa shape index (κ3) is 5.15. The number of hydrogen-bond donors (Lipinski definition) is 3. The summed E-state index contributed by atoms with van der Waals surface area (Å²) in [6.45, 7) is 4.35. The normalized spacial score (nSPS) is 10.8. The average Bonchev–Trinajstić information content (AvgIpc) is 2.72. The van der Waals surface area contributed by atoms with Crippen molar-refractivity contribution in [2.45, 2.75) is 20.4 Å². The van der Waals surface area contributed by atoms with Gasteiger partial charge in [-0.1, -0.05) is 18.2 Å². The fourth-order valence-electron chi connectivity index (χ4n) is 3.39. The van der Waals surface area contributed by atoms with E-state index in [9.17, 15) is 13.6 Å². The van der Waals surface area contributed by atoms with Crippen LogP contribution in [0.5, 0.6) is 0 Å². The van der Waals surface area contributed by atoms with Gasteiger partial charge < -0.3 is 16.0 Å². The predicted molar refractivity (Wildman–Crippen MR) is 122 cm³/mol. The fraction of sp³-hybridized carbons (Fsp3) is 0.125. The summed E-state index contributed by atoms with van der Waals surface area (Å²) in [5.41, 5.74) is 4.91. The highest BCUT2D eigenvalue weighted by Crippen LogP contribution is 2.18. The van der Waals surface area contributed by atoms with Crippen molar-refractivity contribution >= 4 is 34.3 Å². The number of anilines is 3. The number of carbonyl (C=O) groups excluding carboxylic acids is 1. The molecule has 0 spiro atoms. The molecule has 0 aliphatic heterocycles. The maximum Gasteiger partial charge on any atom is 0.323 e. The van der Waals surface area contributed by atoms with Gasteiger partial charge in [0.2, 0.25) is 0 Å². The van der Waals surface area contributed by atoms with E-state index in [4.69, 9.17) is 0 Å². The van der Waals surface area contributed by atoms with Crippen molar-refractivity contribution in [3.63, 3.8) is 0 Å². The molecule has 6 nitrogen and oxygen atoms in total. The quantitative estimate of drug-likeness (QED) is 0.373. The van der Waals surface area contributed by atoms with E-state index < -0.39 is 11.6 Å². The molecule has 0 saturated carbocycles.